The number of aromatic nitrogens is 3. The number of nitrogens with zero attached hydrogens (tertiary/aromatic N) is 3. The van der Waals surface area contributed by atoms with Gasteiger partial charge in [0.05, 0.1) is 6.20 Å². The molecule has 1 aromatic rings. The minimum atomic E-state index is 0.235. The summed E-state index contributed by atoms with van der Waals surface area (Å²) in [5, 5.41) is 7.63. The van der Waals surface area contributed by atoms with Crippen molar-refractivity contribution in [3.63, 3.8) is 0 Å². The van der Waals surface area contributed by atoms with Crippen LogP contribution in [0.5, 0.6) is 0 Å². The second kappa shape index (κ2) is 2.14. The molecule has 0 fully saturated rings. The number of aryl methyl sites for hydroxylation is 1. The van der Waals surface area contributed by atoms with Gasteiger partial charge in [0, 0.05) is 7.05 Å². The normalized spacial score (nSPS) is 13.7. The summed E-state index contributed by atoms with van der Waals surface area (Å²) < 4.78 is 1.68. The van der Waals surface area contributed by atoms with E-state index in [4.69, 9.17) is 0 Å². The predicted molar refractivity (Wildman–Crippen MR) is 32.3 cm³/mol. The van der Waals surface area contributed by atoms with Crippen molar-refractivity contribution in [1.29, 1.82) is 0 Å². The SMILES string of the molecule is CC([NH3+])c1cn(C)nn1. The summed E-state index contributed by atoms with van der Waals surface area (Å²) in [6, 6.07) is 0.235. The van der Waals surface area contributed by atoms with Crippen molar-refractivity contribution in [2.75, 3.05) is 0 Å². The van der Waals surface area contributed by atoms with E-state index in [1.807, 2.05) is 20.2 Å². The van der Waals surface area contributed by atoms with Crippen molar-refractivity contribution in [2.45, 2.75) is 13.0 Å². The molecule has 0 spiro atoms. The van der Waals surface area contributed by atoms with Crippen molar-refractivity contribution in [3.05, 3.63) is 11.9 Å². The molecule has 1 aromatic heterocycles. The smallest absolute Gasteiger partial charge is 0.139 e. The molecule has 0 radical (unpaired) electrons. The van der Waals surface area contributed by atoms with E-state index in [1.54, 1.807) is 4.68 Å². The zero-order valence-electron chi connectivity index (χ0n) is 5.70. The molecule has 1 heterocycles. The molecule has 4 heteroatoms. The standard InChI is InChI=1S/C5H10N4/c1-4(6)5-3-9(2)8-7-5/h3-4H,6H2,1-2H3/p+1. The Kier molecular flexibility index (Phi) is 1.48. The van der Waals surface area contributed by atoms with E-state index in [1.165, 1.54) is 0 Å². The molecule has 0 aromatic carbocycles. The van der Waals surface area contributed by atoms with Crippen LogP contribution in [-0.4, -0.2) is 15.0 Å². The molecule has 0 aliphatic rings. The van der Waals surface area contributed by atoms with Crippen LogP contribution in [0.2, 0.25) is 0 Å². The molecule has 0 amide bonds. The van der Waals surface area contributed by atoms with E-state index < -0.39 is 0 Å². The number of hydrogen-bond acceptors (Lipinski definition) is 2. The summed E-state index contributed by atoms with van der Waals surface area (Å²) in [4.78, 5) is 0. The molecule has 0 aliphatic heterocycles. The molecule has 1 unspecified atom stereocenters. The molecule has 1 rings (SSSR count). The summed E-state index contributed by atoms with van der Waals surface area (Å²) in [7, 11) is 1.85. The quantitative estimate of drug-likeness (QED) is 0.532. The first-order valence-corrected chi connectivity index (χ1v) is 2.89. The van der Waals surface area contributed by atoms with Gasteiger partial charge in [0.15, 0.2) is 0 Å². The van der Waals surface area contributed by atoms with Gasteiger partial charge in [0.1, 0.15) is 11.7 Å². The van der Waals surface area contributed by atoms with Gasteiger partial charge in [-0.05, 0) is 6.92 Å². The Morgan fingerprint density at radius 3 is 2.67 bits per heavy atom. The Balaban J connectivity index is 2.85. The summed E-state index contributed by atoms with van der Waals surface area (Å²) in [5.41, 5.74) is 4.75. The highest BCUT2D eigenvalue weighted by Crippen LogP contribution is 1.98. The molecule has 0 bridgehead atoms. The van der Waals surface area contributed by atoms with E-state index in [2.05, 4.69) is 16.0 Å². The average molecular weight is 127 g/mol. The van der Waals surface area contributed by atoms with Gasteiger partial charge in [-0.3, -0.25) is 4.68 Å². The first-order chi connectivity index (χ1) is 4.20. The summed E-state index contributed by atoms with van der Waals surface area (Å²) >= 11 is 0. The highest BCUT2D eigenvalue weighted by atomic mass is 15.4. The van der Waals surface area contributed by atoms with Crippen LogP contribution in [0.3, 0.4) is 0 Å². The highest BCUT2D eigenvalue weighted by molar-refractivity contribution is 4.93. The molecule has 0 aliphatic carbocycles. The molecular formula is C5H11N4+. The average Bonchev–Trinajstić information content (AvgIpc) is 2.14. The number of quaternary nitrogens is 1. The minimum Gasteiger partial charge on any atom is -0.350 e. The van der Waals surface area contributed by atoms with Gasteiger partial charge in [-0.1, -0.05) is 5.21 Å². The maximum absolute atomic E-state index is 3.87. The second-order valence-corrected chi connectivity index (χ2v) is 2.22. The summed E-state index contributed by atoms with van der Waals surface area (Å²) in [6.45, 7) is 1.99. The predicted octanol–water partition coefficient (Wildman–Crippen LogP) is -0.882. The van der Waals surface area contributed by atoms with Crippen LogP contribution in [-0.2, 0) is 7.05 Å². The molecular weight excluding hydrogens is 116 g/mol. The zero-order valence-corrected chi connectivity index (χ0v) is 5.70. The summed E-state index contributed by atoms with van der Waals surface area (Å²) in [5.74, 6) is 0. The zero-order chi connectivity index (χ0) is 6.85. The fourth-order valence-electron chi connectivity index (χ4n) is 0.591. The molecule has 50 valence electrons. The lowest BCUT2D eigenvalue weighted by Crippen LogP contribution is -2.51. The van der Waals surface area contributed by atoms with Crippen molar-refractivity contribution in [1.82, 2.24) is 15.0 Å². The van der Waals surface area contributed by atoms with Crippen LogP contribution < -0.4 is 5.73 Å². The van der Waals surface area contributed by atoms with Gasteiger partial charge in [-0.2, -0.15) is 0 Å². The Morgan fingerprint density at radius 2 is 2.44 bits per heavy atom. The van der Waals surface area contributed by atoms with Gasteiger partial charge in [-0.25, -0.2) is 0 Å². The fraction of sp³-hybridized carbons (Fsp3) is 0.600. The van der Waals surface area contributed by atoms with Gasteiger partial charge in [-0.15, -0.1) is 5.10 Å². The highest BCUT2D eigenvalue weighted by Gasteiger charge is 2.04. The summed E-state index contributed by atoms with van der Waals surface area (Å²) in [6.07, 6.45) is 1.87. The third-order valence-corrected chi connectivity index (χ3v) is 1.13. The maximum Gasteiger partial charge on any atom is 0.139 e. The van der Waals surface area contributed by atoms with Crippen molar-refractivity contribution in [3.8, 4) is 0 Å². The monoisotopic (exact) mass is 127 g/mol. The van der Waals surface area contributed by atoms with Gasteiger partial charge in [0.2, 0.25) is 0 Å². The lowest BCUT2D eigenvalue weighted by molar-refractivity contribution is -0.421. The Bertz CT molecular complexity index is 191. The van der Waals surface area contributed by atoms with E-state index >= 15 is 0 Å². The molecule has 0 saturated carbocycles. The van der Waals surface area contributed by atoms with Crippen LogP contribution in [0.25, 0.3) is 0 Å². The molecule has 4 nitrogen and oxygen atoms in total. The molecule has 0 saturated heterocycles. The lowest BCUT2D eigenvalue weighted by Gasteiger charge is -1.90. The van der Waals surface area contributed by atoms with E-state index in [0.717, 1.165) is 5.69 Å². The largest absolute Gasteiger partial charge is 0.350 e. The van der Waals surface area contributed by atoms with E-state index in [0.29, 0.717) is 0 Å². The first-order valence-electron chi connectivity index (χ1n) is 2.89. The second-order valence-electron chi connectivity index (χ2n) is 2.22. The minimum absolute atomic E-state index is 0.235. The fourth-order valence-corrected chi connectivity index (χ4v) is 0.591. The van der Waals surface area contributed by atoms with E-state index in [-0.39, 0.29) is 6.04 Å². The molecule has 1 atom stereocenters. The van der Waals surface area contributed by atoms with Crippen LogP contribution >= 0.6 is 0 Å². The van der Waals surface area contributed by atoms with E-state index in [9.17, 15) is 0 Å². The van der Waals surface area contributed by atoms with Gasteiger partial charge >= 0.3 is 0 Å². The first kappa shape index (κ1) is 6.22. The number of rotatable bonds is 1. The Labute approximate surface area is 53.7 Å². The molecule has 3 N–H and O–H groups in total. The molecule has 9 heavy (non-hydrogen) atoms. The number of hydrogen-bond donors (Lipinski definition) is 1. The van der Waals surface area contributed by atoms with Crippen molar-refractivity contribution in [2.24, 2.45) is 7.05 Å². The Hall–Kier alpha value is -0.900. The van der Waals surface area contributed by atoms with Crippen molar-refractivity contribution >= 4 is 0 Å². The Morgan fingerprint density at radius 1 is 1.78 bits per heavy atom. The van der Waals surface area contributed by atoms with Crippen molar-refractivity contribution < 1.29 is 5.73 Å². The van der Waals surface area contributed by atoms with Crippen LogP contribution in [0.15, 0.2) is 6.20 Å². The van der Waals surface area contributed by atoms with Crippen LogP contribution in [0, 0.1) is 0 Å². The van der Waals surface area contributed by atoms with Gasteiger partial charge < -0.3 is 5.73 Å². The lowest BCUT2D eigenvalue weighted by atomic mass is 10.3. The third kappa shape index (κ3) is 1.26. The maximum atomic E-state index is 3.87. The van der Waals surface area contributed by atoms with Crippen LogP contribution in [0.1, 0.15) is 18.7 Å². The van der Waals surface area contributed by atoms with Crippen LogP contribution in [0.4, 0.5) is 0 Å². The topological polar surface area (TPSA) is 58.4 Å². The van der Waals surface area contributed by atoms with Gasteiger partial charge in [0.25, 0.3) is 0 Å². The third-order valence-electron chi connectivity index (χ3n) is 1.13.